The minimum Gasteiger partial charge on any atom is -0.478 e. The molecule has 0 spiro atoms. The number of hydrogen-bond acceptors (Lipinski definition) is 6. The highest BCUT2D eigenvalue weighted by Gasteiger charge is 2.35. The van der Waals surface area contributed by atoms with Crippen LogP contribution >= 0.6 is 15.9 Å². The number of benzene rings is 1. The second-order valence-electron chi connectivity index (χ2n) is 8.94. The first-order valence-electron chi connectivity index (χ1n) is 10.8. The molecule has 0 radical (unpaired) electrons. The molecule has 1 fully saturated rings. The summed E-state index contributed by atoms with van der Waals surface area (Å²) in [6, 6.07) is 5.68. The first kappa shape index (κ1) is 23.1. The van der Waals surface area contributed by atoms with Gasteiger partial charge in [0.05, 0.1) is 0 Å². The van der Waals surface area contributed by atoms with E-state index in [0.29, 0.717) is 37.0 Å². The minimum atomic E-state index is -0.654. The molecule has 0 aromatic heterocycles. The maximum atomic E-state index is 12.8. The van der Waals surface area contributed by atoms with Crippen molar-refractivity contribution in [3.8, 4) is 5.75 Å². The van der Waals surface area contributed by atoms with Crippen LogP contribution in [-0.2, 0) is 19.1 Å². The van der Waals surface area contributed by atoms with Gasteiger partial charge in [0, 0.05) is 16.6 Å². The summed E-state index contributed by atoms with van der Waals surface area (Å²) in [6.45, 7) is 8.76. The average molecular weight is 482 g/mol. The van der Waals surface area contributed by atoms with Crippen molar-refractivity contribution in [2.75, 3.05) is 13.2 Å². The highest BCUT2D eigenvalue weighted by Crippen LogP contribution is 2.36. The zero-order valence-corrected chi connectivity index (χ0v) is 19.9. The molecule has 0 N–H and O–H groups in total. The topological polar surface area (TPSA) is 66.3 Å². The van der Waals surface area contributed by atoms with Gasteiger partial charge in [0.1, 0.15) is 29.8 Å². The molecular formula is C23H32BrNO5. The lowest BCUT2D eigenvalue weighted by molar-refractivity contribution is -0.164. The lowest BCUT2D eigenvalue weighted by Crippen LogP contribution is -2.36. The summed E-state index contributed by atoms with van der Waals surface area (Å²) in [7, 11) is 0. The predicted octanol–water partition coefficient (Wildman–Crippen LogP) is 5.26. The Balaban J connectivity index is 1.81. The fourth-order valence-corrected chi connectivity index (χ4v) is 3.57. The number of oxime groups is 1. The molecule has 0 amide bonds. The van der Waals surface area contributed by atoms with E-state index in [1.165, 1.54) is 0 Å². The second kappa shape index (κ2) is 10.1. The molecule has 166 valence electrons. The quantitative estimate of drug-likeness (QED) is 0.336. The van der Waals surface area contributed by atoms with Gasteiger partial charge >= 0.3 is 5.97 Å². The van der Waals surface area contributed by atoms with Crippen molar-refractivity contribution in [2.24, 2.45) is 11.1 Å². The lowest BCUT2D eigenvalue weighted by Gasteiger charge is -2.25. The number of carbonyl (C=O) groups excluding carboxylic acids is 1. The smallest absolute Gasteiger partial charge is 0.347 e. The molecule has 1 aromatic carbocycles. The summed E-state index contributed by atoms with van der Waals surface area (Å²) in [4.78, 5) is 18.2. The Hall–Kier alpha value is -1.60. The Morgan fingerprint density at radius 1 is 1.33 bits per heavy atom. The summed E-state index contributed by atoms with van der Waals surface area (Å²) in [6.07, 6.45) is 4.05. The van der Waals surface area contributed by atoms with Crippen LogP contribution in [0.25, 0.3) is 0 Å². The Bertz CT molecular complexity index is 769. The number of rotatable bonds is 10. The van der Waals surface area contributed by atoms with Crippen LogP contribution in [0.5, 0.6) is 5.75 Å². The molecule has 2 unspecified atom stereocenters. The van der Waals surface area contributed by atoms with Crippen LogP contribution in [0.3, 0.4) is 0 Å². The zero-order chi connectivity index (χ0) is 21.7. The van der Waals surface area contributed by atoms with Crippen molar-refractivity contribution in [2.45, 2.75) is 77.6 Å². The highest BCUT2D eigenvalue weighted by atomic mass is 79.9. The molecule has 3 rings (SSSR count). The van der Waals surface area contributed by atoms with Crippen LogP contribution in [0.2, 0.25) is 0 Å². The fourth-order valence-electron chi connectivity index (χ4n) is 3.21. The Labute approximate surface area is 187 Å². The van der Waals surface area contributed by atoms with E-state index in [1.54, 1.807) is 0 Å². The number of nitrogens with zero attached hydrogens (tertiary/aromatic N) is 1. The first-order valence-corrected chi connectivity index (χ1v) is 11.6. The standard InChI is InChI=1S/C23H32BrNO5/c1-5-6-11-27-20-14-28-25-21(20)17-13-16(24)9-10-18(17)29-19(12-15-7-8-15)22(26)30-23(2,3)4/h9-10,13,15,19-20H,5-8,11-12,14H2,1-4H3. The van der Waals surface area contributed by atoms with Crippen LogP contribution < -0.4 is 4.74 Å². The van der Waals surface area contributed by atoms with E-state index in [-0.39, 0.29) is 12.1 Å². The maximum absolute atomic E-state index is 12.8. The number of ether oxygens (including phenoxy) is 3. The number of carbonyl (C=O) groups is 1. The molecule has 1 saturated carbocycles. The summed E-state index contributed by atoms with van der Waals surface area (Å²) >= 11 is 3.53. The average Bonchev–Trinajstić information content (AvgIpc) is 3.36. The number of hydrogen-bond donors (Lipinski definition) is 0. The first-order chi connectivity index (χ1) is 14.3. The Morgan fingerprint density at radius 3 is 2.77 bits per heavy atom. The fraction of sp³-hybridized carbons (Fsp3) is 0.652. The molecule has 6 nitrogen and oxygen atoms in total. The van der Waals surface area contributed by atoms with Gasteiger partial charge < -0.3 is 19.0 Å². The van der Waals surface area contributed by atoms with E-state index in [1.807, 2.05) is 39.0 Å². The minimum absolute atomic E-state index is 0.253. The highest BCUT2D eigenvalue weighted by molar-refractivity contribution is 9.10. The number of unbranched alkanes of at least 4 members (excludes halogenated alkanes) is 1. The van der Waals surface area contributed by atoms with Gasteiger partial charge in [0.2, 0.25) is 0 Å². The third kappa shape index (κ3) is 6.71. The summed E-state index contributed by atoms with van der Waals surface area (Å²) in [5, 5.41) is 4.23. The van der Waals surface area contributed by atoms with Gasteiger partial charge in [-0.1, -0.05) is 47.3 Å². The summed E-state index contributed by atoms with van der Waals surface area (Å²) in [5.41, 5.74) is 0.899. The molecule has 1 aliphatic heterocycles. The number of halogens is 1. The third-order valence-electron chi connectivity index (χ3n) is 4.91. The van der Waals surface area contributed by atoms with Crippen LogP contribution in [-0.4, -0.2) is 42.7 Å². The SMILES string of the molecule is CCCCOC1CON=C1c1cc(Br)ccc1OC(CC1CC1)C(=O)OC(C)(C)C. The molecule has 0 saturated heterocycles. The molecule has 1 heterocycles. The molecule has 2 atom stereocenters. The molecule has 1 aliphatic carbocycles. The molecule has 2 aliphatic rings. The van der Waals surface area contributed by atoms with Gasteiger partial charge in [-0.3, -0.25) is 0 Å². The Morgan fingerprint density at radius 2 is 2.10 bits per heavy atom. The van der Waals surface area contributed by atoms with Crippen molar-refractivity contribution in [1.82, 2.24) is 0 Å². The van der Waals surface area contributed by atoms with Crippen molar-refractivity contribution in [1.29, 1.82) is 0 Å². The molecular weight excluding hydrogens is 450 g/mol. The van der Waals surface area contributed by atoms with E-state index in [0.717, 1.165) is 35.7 Å². The van der Waals surface area contributed by atoms with Crippen molar-refractivity contribution < 1.29 is 23.8 Å². The summed E-state index contributed by atoms with van der Waals surface area (Å²) < 4.78 is 18.8. The third-order valence-corrected chi connectivity index (χ3v) is 5.40. The number of esters is 1. The van der Waals surface area contributed by atoms with Gasteiger partial charge in [0.25, 0.3) is 0 Å². The van der Waals surface area contributed by atoms with Crippen LogP contribution in [0.15, 0.2) is 27.8 Å². The second-order valence-corrected chi connectivity index (χ2v) is 9.86. The molecule has 30 heavy (non-hydrogen) atoms. The van der Waals surface area contributed by atoms with Gasteiger partial charge in [-0.05, 0) is 57.7 Å². The van der Waals surface area contributed by atoms with Gasteiger partial charge in [-0.15, -0.1) is 0 Å². The zero-order valence-electron chi connectivity index (χ0n) is 18.3. The van der Waals surface area contributed by atoms with Gasteiger partial charge in [0.15, 0.2) is 6.10 Å². The monoisotopic (exact) mass is 481 g/mol. The van der Waals surface area contributed by atoms with E-state index in [2.05, 4.69) is 28.0 Å². The maximum Gasteiger partial charge on any atom is 0.347 e. The van der Waals surface area contributed by atoms with E-state index in [4.69, 9.17) is 19.0 Å². The van der Waals surface area contributed by atoms with Crippen LogP contribution in [0.4, 0.5) is 0 Å². The van der Waals surface area contributed by atoms with Crippen molar-refractivity contribution in [3.63, 3.8) is 0 Å². The van der Waals surface area contributed by atoms with E-state index < -0.39 is 11.7 Å². The normalized spacial score (nSPS) is 19.8. The summed E-state index contributed by atoms with van der Waals surface area (Å²) in [5.74, 6) is 0.769. The van der Waals surface area contributed by atoms with E-state index >= 15 is 0 Å². The predicted molar refractivity (Wildman–Crippen MR) is 119 cm³/mol. The molecule has 7 heteroatoms. The largest absolute Gasteiger partial charge is 0.478 e. The van der Waals surface area contributed by atoms with E-state index in [9.17, 15) is 4.79 Å². The Kier molecular flexibility index (Phi) is 7.80. The van der Waals surface area contributed by atoms with Crippen LogP contribution in [0, 0.1) is 5.92 Å². The van der Waals surface area contributed by atoms with Crippen molar-refractivity contribution in [3.05, 3.63) is 28.2 Å². The molecule has 1 aromatic rings. The lowest BCUT2D eigenvalue weighted by atomic mass is 10.0. The van der Waals surface area contributed by atoms with Crippen molar-refractivity contribution >= 4 is 27.6 Å². The van der Waals surface area contributed by atoms with Gasteiger partial charge in [-0.2, -0.15) is 0 Å². The molecule has 0 bridgehead atoms. The van der Waals surface area contributed by atoms with Crippen LogP contribution in [0.1, 0.15) is 65.4 Å². The van der Waals surface area contributed by atoms with Gasteiger partial charge in [-0.25, -0.2) is 4.79 Å².